The molecular weight excluding hydrogens is 667 g/mol. The number of likely N-dealkylation sites (tertiary alicyclic amines) is 1. The first-order chi connectivity index (χ1) is 23.5. The number of fused-ring (bicyclic) bond motifs is 1. The standard InChI is InChI=1S/C40H63N3O7S/c1-11-13-18-27(33(46)30(44)19-14-12-2)24-31(45)32-28-20-23-39(9,10)29(28)25-43(32)35(47)34(37(3,4)5)41-36(48)42-40(21-16-15-17-22-40)26-51(49,50)38(6,7)8/h1,12,27-29,32,34H,2,13-26H2,3-10H3,(H2,41,42,48)/t27?,28-,29-,32-,34+/m0/s1. The van der Waals surface area contributed by atoms with Crippen LogP contribution in [0.3, 0.4) is 0 Å². The van der Waals surface area contributed by atoms with Crippen LogP contribution in [0.15, 0.2) is 12.7 Å². The van der Waals surface area contributed by atoms with E-state index in [1.807, 2.05) is 20.8 Å². The maximum atomic E-state index is 14.7. The lowest BCUT2D eigenvalue weighted by Crippen LogP contribution is -2.63. The number of terminal acetylenes is 1. The molecule has 0 aromatic carbocycles. The molecule has 2 N–H and O–H groups in total. The van der Waals surface area contributed by atoms with Crippen LogP contribution in [0.5, 0.6) is 0 Å². The van der Waals surface area contributed by atoms with Crippen LogP contribution in [-0.2, 0) is 29.0 Å². The number of urea groups is 1. The molecule has 5 atom stereocenters. The van der Waals surface area contributed by atoms with Crippen molar-refractivity contribution in [3.8, 4) is 12.3 Å². The lowest BCUT2D eigenvalue weighted by molar-refractivity contribution is -0.144. The third kappa shape index (κ3) is 10.1. The van der Waals surface area contributed by atoms with E-state index >= 15 is 0 Å². The summed E-state index contributed by atoms with van der Waals surface area (Å²) in [6.45, 7) is 18.8. The number of amides is 3. The van der Waals surface area contributed by atoms with E-state index in [0.29, 0.717) is 25.8 Å². The van der Waals surface area contributed by atoms with Crippen LogP contribution < -0.4 is 10.6 Å². The second-order valence-electron chi connectivity index (χ2n) is 18.1. The number of Topliss-reactive ketones (excluding diaryl/α,β-unsaturated/α-hetero) is 3. The Morgan fingerprint density at radius 1 is 1.02 bits per heavy atom. The highest BCUT2D eigenvalue weighted by molar-refractivity contribution is 7.92. The molecule has 10 nitrogen and oxygen atoms in total. The first kappa shape index (κ1) is 42.4. The van der Waals surface area contributed by atoms with Gasteiger partial charge in [-0.15, -0.1) is 18.9 Å². The second kappa shape index (κ2) is 16.3. The molecule has 0 bridgehead atoms. The Morgan fingerprint density at radius 2 is 1.65 bits per heavy atom. The van der Waals surface area contributed by atoms with Gasteiger partial charge >= 0.3 is 6.03 Å². The summed E-state index contributed by atoms with van der Waals surface area (Å²) in [5.41, 5.74) is -1.86. The molecule has 51 heavy (non-hydrogen) atoms. The van der Waals surface area contributed by atoms with Crippen LogP contribution in [0.4, 0.5) is 4.79 Å². The molecule has 2 saturated carbocycles. The zero-order valence-electron chi connectivity index (χ0n) is 32.4. The molecule has 1 aliphatic heterocycles. The number of ketones is 3. The number of rotatable bonds is 15. The number of allylic oxidation sites excluding steroid dienone is 1. The van der Waals surface area contributed by atoms with Crippen molar-refractivity contribution in [1.29, 1.82) is 0 Å². The average Bonchev–Trinajstić information content (AvgIpc) is 3.55. The number of hydrogen-bond acceptors (Lipinski definition) is 7. The summed E-state index contributed by atoms with van der Waals surface area (Å²) in [5, 5.41) is 5.94. The Labute approximate surface area is 307 Å². The van der Waals surface area contributed by atoms with Crippen LogP contribution in [0, 0.1) is 40.9 Å². The van der Waals surface area contributed by atoms with E-state index in [0.717, 1.165) is 32.1 Å². The molecule has 3 fully saturated rings. The molecule has 286 valence electrons. The van der Waals surface area contributed by atoms with Crippen molar-refractivity contribution in [2.24, 2.45) is 28.6 Å². The fraction of sp³-hybridized carbons (Fsp3) is 0.775. The van der Waals surface area contributed by atoms with Gasteiger partial charge in [-0.3, -0.25) is 19.2 Å². The Morgan fingerprint density at radius 3 is 2.20 bits per heavy atom. The van der Waals surface area contributed by atoms with Crippen LogP contribution in [-0.4, -0.2) is 77.3 Å². The largest absolute Gasteiger partial charge is 0.332 e. The molecule has 1 unspecified atom stereocenters. The third-order valence-electron chi connectivity index (χ3n) is 11.7. The summed E-state index contributed by atoms with van der Waals surface area (Å²) >= 11 is 0. The summed E-state index contributed by atoms with van der Waals surface area (Å²) in [7, 11) is -3.57. The van der Waals surface area contributed by atoms with Gasteiger partial charge in [0.05, 0.1) is 22.1 Å². The normalized spacial score (nSPS) is 24.1. The highest BCUT2D eigenvalue weighted by Gasteiger charge is 2.57. The van der Waals surface area contributed by atoms with Gasteiger partial charge in [-0.05, 0) is 82.0 Å². The predicted molar refractivity (Wildman–Crippen MR) is 200 cm³/mol. The van der Waals surface area contributed by atoms with Crippen LogP contribution in [0.1, 0.15) is 132 Å². The Bertz CT molecular complexity index is 1490. The fourth-order valence-electron chi connectivity index (χ4n) is 8.33. The molecule has 3 amide bonds. The van der Waals surface area contributed by atoms with E-state index in [9.17, 15) is 32.4 Å². The Kier molecular flexibility index (Phi) is 13.6. The van der Waals surface area contributed by atoms with Gasteiger partial charge in [-0.1, -0.05) is 60.0 Å². The van der Waals surface area contributed by atoms with E-state index in [1.165, 1.54) is 0 Å². The maximum Gasteiger partial charge on any atom is 0.315 e. The molecule has 0 aromatic heterocycles. The summed E-state index contributed by atoms with van der Waals surface area (Å²) < 4.78 is 25.7. The average molecular weight is 730 g/mol. The maximum absolute atomic E-state index is 14.7. The summed E-state index contributed by atoms with van der Waals surface area (Å²) in [5.74, 6) is -0.484. The van der Waals surface area contributed by atoms with Crippen molar-refractivity contribution in [2.75, 3.05) is 12.3 Å². The van der Waals surface area contributed by atoms with E-state index in [2.05, 4.69) is 37.0 Å². The van der Waals surface area contributed by atoms with Crippen molar-refractivity contribution in [2.45, 2.75) is 155 Å². The van der Waals surface area contributed by atoms with E-state index in [4.69, 9.17) is 6.42 Å². The number of sulfone groups is 1. The zero-order chi connectivity index (χ0) is 38.6. The Balaban J connectivity index is 1.93. The number of carbonyl (C=O) groups is 5. The van der Waals surface area contributed by atoms with Crippen LogP contribution >= 0.6 is 0 Å². The fourth-order valence-corrected chi connectivity index (χ4v) is 9.85. The first-order valence-electron chi connectivity index (χ1n) is 18.8. The molecule has 1 saturated heterocycles. The number of nitrogens with zero attached hydrogens (tertiary/aromatic N) is 1. The van der Waals surface area contributed by atoms with Crippen LogP contribution in [0.25, 0.3) is 0 Å². The lowest BCUT2D eigenvalue weighted by Gasteiger charge is -2.41. The smallest absolute Gasteiger partial charge is 0.315 e. The molecule has 0 radical (unpaired) electrons. The van der Waals surface area contributed by atoms with Crippen molar-refractivity contribution < 1.29 is 32.4 Å². The highest BCUT2D eigenvalue weighted by atomic mass is 32.2. The molecule has 2 aliphatic carbocycles. The molecule has 3 aliphatic rings. The minimum absolute atomic E-state index is 0.0143. The number of nitrogens with one attached hydrogen (secondary N) is 2. The van der Waals surface area contributed by atoms with Crippen molar-refractivity contribution in [3.05, 3.63) is 12.7 Å². The van der Waals surface area contributed by atoms with Gasteiger partial charge in [-0.25, -0.2) is 13.2 Å². The van der Waals surface area contributed by atoms with Crippen molar-refractivity contribution in [3.63, 3.8) is 0 Å². The van der Waals surface area contributed by atoms with E-state index < -0.39 is 67.0 Å². The predicted octanol–water partition coefficient (Wildman–Crippen LogP) is 5.97. The minimum atomic E-state index is -3.57. The summed E-state index contributed by atoms with van der Waals surface area (Å²) in [6, 6.07) is -2.46. The zero-order valence-corrected chi connectivity index (χ0v) is 33.2. The van der Waals surface area contributed by atoms with Gasteiger partial charge in [0, 0.05) is 31.7 Å². The first-order valence-corrected chi connectivity index (χ1v) is 20.4. The number of carbonyl (C=O) groups excluding carboxylic acids is 5. The topological polar surface area (TPSA) is 147 Å². The molecule has 1 heterocycles. The monoisotopic (exact) mass is 729 g/mol. The van der Waals surface area contributed by atoms with Gasteiger partial charge in [0.15, 0.2) is 21.4 Å². The number of hydrogen-bond donors (Lipinski definition) is 2. The van der Waals surface area contributed by atoms with E-state index in [-0.39, 0.29) is 54.5 Å². The quantitative estimate of drug-likeness (QED) is 0.120. The molecular formula is C40H63N3O7S. The Hall–Kier alpha value is -3.00. The van der Waals surface area contributed by atoms with Gasteiger partial charge in [0.2, 0.25) is 11.7 Å². The minimum Gasteiger partial charge on any atom is -0.332 e. The third-order valence-corrected chi connectivity index (χ3v) is 14.5. The summed E-state index contributed by atoms with van der Waals surface area (Å²) in [4.78, 5) is 70.5. The molecule has 11 heteroatoms. The van der Waals surface area contributed by atoms with Crippen molar-refractivity contribution in [1.82, 2.24) is 15.5 Å². The molecule has 0 aromatic rings. The van der Waals surface area contributed by atoms with Gasteiger partial charge in [-0.2, -0.15) is 0 Å². The van der Waals surface area contributed by atoms with E-state index in [1.54, 1.807) is 31.7 Å². The lowest BCUT2D eigenvalue weighted by atomic mass is 9.78. The summed E-state index contributed by atoms with van der Waals surface area (Å²) in [6.07, 6.45) is 12.8. The van der Waals surface area contributed by atoms with Gasteiger partial charge in [0.25, 0.3) is 0 Å². The molecule has 0 spiro atoms. The molecule has 3 rings (SSSR count). The van der Waals surface area contributed by atoms with Gasteiger partial charge in [0.1, 0.15) is 6.04 Å². The van der Waals surface area contributed by atoms with Gasteiger partial charge < -0.3 is 15.5 Å². The SMILES string of the molecule is C#CCCC(CC(=O)[C@@H]1[C@H]2CCC(C)(C)[C@H]2CN1C(=O)[C@@H](NC(=O)NC1(CS(=O)(=O)C(C)(C)C)CCCCC1)C(C)(C)C)C(=O)C(=O)CCC=C. The van der Waals surface area contributed by atoms with Crippen molar-refractivity contribution >= 4 is 39.1 Å². The van der Waals surface area contributed by atoms with Crippen LogP contribution in [0.2, 0.25) is 0 Å². The highest BCUT2D eigenvalue weighted by Crippen LogP contribution is 2.53. The second-order valence-corrected chi connectivity index (χ2v) is 20.8.